The van der Waals surface area contributed by atoms with Crippen LogP contribution in [0.3, 0.4) is 0 Å². The number of nitrogens with one attached hydrogen (secondary N) is 1. The number of amides is 1. The summed E-state index contributed by atoms with van der Waals surface area (Å²) < 4.78 is 74.4. The summed E-state index contributed by atoms with van der Waals surface area (Å²) in [7, 11) is 0. The molecule has 0 radical (unpaired) electrons. The highest BCUT2D eigenvalue weighted by Gasteiger charge is 2.50. The lowest BCUT2D eigenvalue weighted by atomic mass is 10.1. The molecule has 1 heterocycles. The summed E-state index contributed by atoms with van der Waals surface area (Å²) in [6.45, 7) is -0.804. The first-order chi connectivity index (χ1) is 10.2. The molecule has 0 aliphatic rings. The minimum atomic E-state index is -5.01. The van der Waals surface area contributed by atoms with Gasteiger partial charge >= 0.3 is 12.4 Å². The van der Waals surface area contributed by atoms with E-state index >= 15 is 0 Å². The van der Waals surface area contributed by atoms with Crippen LogP contribution in [0.1, 0.15) is 23.0 Å². The number of pyridine rings is 1. The molecule has 0 saturated carbocycles. The SMILES string of the molecule is C[C@@](O)(CNC(=O)c1nc(Br)c(C(F)(F)F)cc1N)C(F)(F)F. The van der Waals surface area contributed by atoms with E-state index in [2.05, 4.69) is 20.9 Å². The predicted molar refractivity (Wildman–Crippen MR) is 70.4 cm³/mol. The number of hydrogen-bond acceptors (Lipinski definition) is 4. The molecule has 0 unspecified atom stereocenters. The molecule has 1 aromatic rings. The van der Waals surface area contributed by atoms with E-state index in [1.807, 2.05) is 0 Å². The second-order valence-corrected chi connectivity index (χ2v) is 5.47. The molecule has 0 aliphatic heterocycles. The van der Waals surface area contributed by atoms with Crippen LogP contribution >= 0.6 is 15.9 Å². The fraction of sp³-hybridized carbons (Fsp3) is 0.455. The number of carbonyl (C=O) groups is 1. The number of aromatic nitrogens is 1. The van der Waals surface area contributed by atoms with Crippen LogP contribution in [0.5, 0.6) is 0 Å². The maximum atomic E-state index is 12.6. The van der Waals surface area contributed by atoms with E-state index in [-0.39, 0.29) is 0 Å². The van der Waals surface area contributed by atoms with Gasteiger partial charge in [0.2, 0.25) is 0 Å². The second kappa shape index (κ2) is 6.15. The molecule has 0 saturated heterocycles. The number of nitrogens with two attached hydrogens (primary N) is 1. The van der Waals surface area contributed by atoms with Gasteiger partial charge in [-0.1, -0.05) is 0 Å². The van der Waals surface area contributed by atoms with E-state index in [0.717, 1.165) is 0 Å². The summed E-state index contributed by atoms with van der Waals surface area (Å²) in [6, 6.07) is 0.425. The van der Waals surface area contributed by atoms with Crippen molar-refractivity contribution < 1.29 is 36.2 Å². The lowest BCUT2D eigenvalue weighted by Gasteiger charge is -2.26. The molecule has 5 nitrogen and oxygen atoms in total. The average molecular weight is 410 g/mol. The maximum Gasteiger partial charge on any atom is 0.419 e. The van der Waals surface area contributed by atoms with Gasteiger partial charge < -0.3 is 16.2 Å². The van der Waals surface area contributed by atoms with Crippen molar-refractivity contribution in [2.45, 2.75) is 24.9 Å². The van der Waals surface area contributed by atoms with E-state index < -0.39 is 52.0 Å². The lowest BCUT2D eigenvalue weighted by molar-refractivity contribution is -0.249. The third-order valence-corrected chi connectivity index (χ3v) is 3.33. The summed E-state index contributed by atoms with van der Waals surface area (Å²) in [4.78, 5) is 15.0. The van der Waals surface area contributed by atoms with Crippen molar-refractivity contribution in [1.82, 2.24) is 10.3 Å². The number of hydrogen-bond donors (Lipinski definition) is 3. The van der Waals surface area contributed by atoms with Gasteiger partial charge in [0.05, 0.1) is 17.8 Å². The molecular formula is C11H10BrF6N3O2. The van der Waals surface area contributed by atoms with Crippen LogP contribution in [-0.2, 0) is 6.18 Å². The normalized spacial score (nSPS) is 15.2. The van der Waals surface area contributed by atoms with Crippen LogP contribution in [0.2, 0.25) is 0 Å². The highest BCUT2D eigenvalue weighted by molar-refractivity contribution is 9.10. The molecule has 23 heavy (non-hydrogen) atoms. The van der Waals surface area contributed by atoms with Gasteiger partial charge in [-0.3, -0.25) is 4.79 Å². The fourth-order valence-electron chi connectivity index (χ4n) is 1.32. The molecule has 0 aliphatic carbocycles. The Morgan fingerprint density at radius 3 is 2.30 bits per heavy atom. The first-order valence-electron chi connectivity index (χ1n) is 5.77. The highest BCUT2D eigenvalue weighted by Crippen LogP contribution is 2.35. The topological polar surface area (TPSA) is 88.2 Å². The van der Waals surface area contributed by atoms with E-state index in [9.17, 15) is 36.2 Å². The summed E-state index contributed by atoms with van der Waals surface area (Å²) in [5.41, 5.74) is -0.561. The smallest absolute Gasteiger partial charge is 0.397 e. The number of aliphatic hydroxyl groups is 1. The van der Waals surface area contributed by atoms with Gasteiger partial charge in [-0.15, -0.1) is 0 Å². The molecule has 12 heteroatoms. The van der Waals surface area contributed by atoms with Gasteiger partial charge in [0.15, 0.2) is 11.3 Å². The van der Waals surface area contributed by atoms with Crippen molar-refractivity contribution in [3.8, 4) is 0 Å². The van der Waals surface area contributed by atoms with Crippen LogP contribution in [0, 0.1) is 0 Å². The Morgan fingerprint density at radius 1 is 1.35 bits per heavy atom. The summed E-state index contributed by atoms with van der Waals surface area (Å²) in [5, 5.41) is 10.9. The Hall–Kier alpha value is -1.56. The number of nitrogens with zero attached hydrogens (tertiary/aromatic N) is 1. The molecule has 0 spiro atoms. The zero-order valence-corrected chi connectivity index (χ0v) is 12.9. The Bertz CT molecular complexity index is 615. The third-order valence-electron chi connectivity index (χ3n) is 2.73. The highest BCUT2D eigenvalue weighted by atomic mass is 79.9. The molecule has 130 valence electrons. The number of anilines is 1. The van der Waals surface area contributed by atoms with E-state index in [4.69, 9.17) is 5.73 Å². The van der Waals surface area contributed by atoms with Crippen LogP contribution < -0.4 is 11.1 Å². The standard InChI is InChI=1S/C11H10BrF6N3O2/c1-9(23,11(16,17)18)3-20-8(22)6-5(19)2-4(7(12)21-6)10(13,14)15/h2,23H,3,19H2,1H3,(H,20,22)/t9-/m1/s1. The molecule has 1 aromatic heterocycles. The van der Waals surface area contributed by atoms with Gasteiger partial charge in [-0.25, -0.2) is 4.98 Å². The van der Waals surface area contributed by atoms with Crippen LogP contribution in [0.25, 0.3) is 0 Å². The zero-order chi connectivity index (χ0) is 18.2. The molecular weight excluding hydrogens is 400 g/mol. The maximum absolute atomic E-state index is 12.6. The number of halogens is 7. The Morgan fingerprint density at radius 2 is 1.87 bits per heavy atom. The lowest BCUT2D eigenvalue weighted by Crippen LogP contribution is -2.51. The minimum Gasteiger partial charge on any atom is -0.397 e. The van der Waals surface area contributed by atoms with Gasteiger partial charge in [-0.2, -0.15) is 26.3 Å². The Labute approximate surface area is 134 Å². The number of alkyl halides is 6. The third kappa shape index (κ3) is 4.47. The van der Waals surface area contributed by atoms with Crippen molar-refractivity contribution in [3.05, 3.63) is 21.9 Å². The number of carbonyl (C=O) groups excluding carboxylic acids is 1. The minimum absolute atomic E-state index is 0.423. The Balaban J connectivity index is 3.01. The monoisotopic (exact) mass is 409 g/mol. The van der Waals surface area contributed by atoms with Crippen LogP contribution in [0.4, 0.5) is 32.0 Å². The molecule has 0 fully saturated rings. The summed E-state index contributed by atoms with van der Waals surface area (Å²) >= 11 is 2.51. The van der Waals surface area contributed by atoms with E-state index in [0.29, 0.717) is 13.0 Å². The second-order valence-electron chi connectivity index (χ2n) is 4.72. The molecule has 1 amide bonds. The zero-order valence-electron chi connectivity index (χ0n) is 11.3. The Kier molecular flexibility index (Phi) is 5.21. The quantitative estimate of drug-likeness (QED) is 0.528. The van der Waals surface area contributed by atoms with Crippen LogP contribution in [-0.4, -0.2) is 34.3 Å². The first-order valence-corrected chi connectivity index (χ1v) is 6.56. The molecule has 4 N–H and O–H groups in total. The van der Waals surface area contributed by atoms with E-state index in [1.54, 1.807) is 5.32 Å². The van der Waals surface area contributed by atoms with Crippen molar-refractivity contribution in [1.29, 1.82) is 0 Å². The van der Waals surface area contributed by atoms with Gasteiger partial charge in [0.25, 0.3) is 5.91 Å². The van der Waals surface area contributed by atoms with Gasteiger partial charge in [0, 0.05) is 0 Å². The number of rotatable bonds is 3. The summed E-state index contributed by atoms with van der Waals surface area (Å²) in [5.74, 6) is -1.26. The summed E-state index contributed by atoms with van der Waals surface area (Å²) in [6.07, 6.45) is -9.80. The molecule has 0 bridgehead atoms. The molecule has 1 atom stereocenters. The van der Waals surface area contributed by atoms with Crippen LogP contribution in [0.15, 0.2) is 10.7 Å². The molecule has 1 rings (SSSR count). The fourth-order valence-corrected chi connectivity index (χ4v) is 1.84. The van der Waals surface area contributed by atoms with Crippen molar-refractivity contribution in [2.24, 2.45) is 0 Å². The first kappa shape index (κ1) is 19.5. The van der Waals surface area contributed by atoms with Crippen molar-refractivity contribution in [2.75, 3.05) is 12.3 Å². The van der Waals surface area contributed by atoms with Gasteiger partial charge in [0.1, 0.15) is 4.60 Å². The van der Waals surface area contributed by atoms with Crippen molar-refractivity contribution >= 4 is 27.5 Å². The molecule has 0 aromatic carbocycles. The number of nitrogen functional groups attached to an aromatic ring is 1. The van der Waals surface area contributed by atoms with E-state index in [1.165, 1.54) is 0 Å². The van der Waals surface area contributed by atoms with Crippen molar-refractivity contribution in [3.63, 3.8) is 0 Å². The largest absolute Gasteiger partial charge is 0.419 e. The predicted octanol–water partition coefficient (Wildman–Crippen LogP) is 2.49. The van der Waals surface area contributed by atoms with Gasteiger partial charge in [-0.05, 0) is 28.9 Å². The average Bonchev–Trinajstić information content (AvgIpc) is 2.35.